The number of hydrogen-bond acceptors (Lipinski definition) is 2. The molecule has 2 heteroatoms. The molecule has 2 rings (SSSR count). The van der Waals surface area contributed by atoms with Gasteiger partial charge in [-0.1, -0.05) is 6.07 Å². The van der Waals surface area contributed by atoms with Crippen LogP contribution in [-0.2, 0) is 4.74 Å². The van der Waals surface area contributed by atoms with E-state index in [4.69, 9.17) is 4.74 Å². The molecule has 0 saturated heterocycles. The SMILES string of the molecule is CCOC1CC(Nc2cc(C)cc(C)c2)C1. The van der Waals surface area contributed by atoms with Crippen LogP contribution >= 0.6 is 0 Å². The highest BCUT2D eigenvalue weighted by molar-refractivity contribution is 5.49. The minimum absolute atomic E-state index is 0.480. The van der Waals surface area contributed by atoms with Crippen molar-refractivity contribution >= 4 is 5.69 Å². The number of ether oxygens (including phenoxy) is 1. The zero-order valence-electron chi connectivity index (χ0n) is 10.4. The summed E-state index contributed by atoms with van der Waals surface area (Å²) in [5, 5.41) is 3.57. The van der Waals surface area contributed by atoms with Crippen LogP contribution < -0.4 is 5.32 Å². The van der Waals surface area contributed by atoms with Gasteiger partial charge in [-0.2, -0.15) is 0 Å². The summed E-state index contributed by atoms with van der Waals surface area (Å²) in [4.78, 5) is 0. The van der Waals surface area contributed by atoms with Gasteiger partial charge in [0.05, 0.1) is 6.10 Å². The Morgan fingerprint density at radius 3 is 2.38 bits per heavy atom. The van der Waals surface area contributed by atoms with Crippen molar-refractivity contribution in [3.05, 3.63) is 29.3 Å². The molecule has 0 atom stereocenters. The summed E-state index contributed by atoms with van der Waals surface area (Å²) in [6, 6.07) is 7.22. The van der Waals surface area contributed by atoms with E-state index < -0.39 is 0 Å². The Labute approximate surface area is 98.0 Å². The number of anilines is 1. The summed E-state index contributed by atoms with van der Waals surface area (Å²) in [6.45, 7) is 7.18. The predicted octanol–water partition coefficient (Wildman–Crippen LogP) is 3.28. The summed E-state index contributed by atoms with van der Waals surface area (Å²) in [5.41, 5.74) is 3.89. The van der Waals surface area contributed by atoms with E-state index in [-0.39, 0.29) is 0 Å². The minimum Gasteiger partial charge on any atom is -0.382 e. The average Bonchev–Trinajstić information content (AvgIpc) is 2.13. The van der Waals surface area contributed by atoms with E-state index >= 15 is 0 Å². The molecular formula is C14H21NO. The molecule has 1 fully saturated rings. The highest BCUT2D eigenvalue weighted by Gasteiger charge is 2.29. The molecule has 0 bridgehead atoms. The van der Waals surface area contributed by atoms with Gasteiger partial charge in [0.25, 0.3) is 0 Å². The molecule has 1 saturated carbocycles. The largest absolute Gasteiger partial charge is 0.382 e. The first-order chi connectivity index (χ1) is 7.67. The maximum absolute atomic E-state index is 5.55. The lowest BCUT2D eigenvalue weighted by atomic mass is 9.89. The second kappa shape index (κ2) is 4.88. The van der Waals surface area contributed by atoms with Gasteiger partial charge in [0, 0.05) is 18.3 Å². The second-order valence-electron chi connectivity index (χ2n) is 4.77. The van der Waals surface area contributed by atoms with E-state index in [2.05, 4.69) is 44.3 Å². The van der Waals surface area contributed by atoms with Crippen LogP contribution in [0.15, 0.2) is 18.2 Å². The molecule has 1 N–H and O–H groups in total. The molecule has 1 aliphatic rings. The highest BCUT2D eigenvalue weighted by Crippen LogP contribution is 2.27. The molecular weight excluding hydrogens is 198 g/mol. The number of nitrogens with one attached hydrogen (secondary N) is 1. The van der Waals surface area contributed by atoms with Gasteiger partial charge in [0.15, 0.2) is 0 Å². The van der Waals surface area contributed by atoms with Gasteiger partial charge < -0.3 is 10.1 Å². The first-order valence-corrected chi connectivity index (χ1v) is 6.14. The molecule has 2 nitrogen and oxygen atoms in total. The third kappa shape index (κ3) is 2.76. The molecule has 0 spiro atoms. The van der Waals surface area contributed by atoms with Gasteiger partial charge in [0.1, 0.15) is 0 Å². The van der Waals surface area contributed by atoms with Crippen LogP contribution in [0.1, 0.15) is 30.9 Å². The zero-order chi connectivity index (χ0) is 11.5. The Hall–Kier alpha value is -1.02. The van der Waals surface area contributed by atoms with Crippen molar-refractivity contribution in [2.24, 2.45) is 0 Å². The van der Waals surface area contributed by atoms with Crippen molar-refractivity contribution in [3.63, 3.8) is 0 Å². The topological polar surface area (TPSA) is 21.3 Å². The number of hydrogen-bond donors (Lipinski definition) is 1. The van der Waals surface area contributed by atoms with Gasteiger partial charge in [0.2, 0.25) is 0 Å². The van der Waals surface area contributed by atoms with Crippen molar-refractivity contribution in [3.8, 4) is 0 Å². The van der Waals surface area contributed by atoms with Crippen molar-refractivity contribution in [2.45, 2.75) is 45.8 Å². The van der Waals surface area contributed by atoms with Crippen LogP contribution in [0.5, 0.6) is 0 Å². The molecule has 0 radical (unpaired) electrons. The molecule has 0 unspecified atom stereocenters. The monoisotopic (exact) mass is 219 g/mol. The quantitative estimate of drug-likeness (QED) is 0.839. The van der Waals surface area contributed by atoms with E-state index in [1.165, 1.54) is 16.8 Å². The molecule has 0 aliphatic heterocycles. The van der Waals surface area contributed by atoms with Gasteiger partial charge >= 0.3 is 0 Å². The van der Waals surface area contributed by atoms with Crippen LogP contribution in [0.25, 0.3) is 0 Å². The fraction of sp³-hybridized carbons (Fsp3) is 0.571. The van der Waals surface area contributed by atoms with E-state index in [1.54, 1.807) is 0 Å². The van der Waals surface area contributed by atoms with E-state index in [0.29, 0.717) is 12.1 Å². The molecule has 0 heterocycles. The van der Waals surface area contributed by atoms with Gasteiger partial charge in [-0.15, -0.1) is 0 Å². The fourth-order valence-electron chi connectivity index (χ4n) is 2.35. The third-order valence-electron chi connectivity index (χ3n) is 3.09. The molecule has 88 valence electrons. The Balaban J connectivity index is 1.86. The average molecular weight is 219 g/mol. The maximum atomic E-state index is 5.55. The normalized spacial score (nSPS) is 23.9. The molecule has 16 heavy (non-hydrogen) atoms. The van der Waals surface area contributed by atoms with Gasteiger partial charge in [-0.3, -0.25) is 0 Å². The Bertz CT molecular complexity index is 336. The van der Waals surface area contributed by atoms with Gasteiger partial charge in [-0.05, 0) is 56.9 Å². The standard InChI is InChI=1S/C14H21NO/c1-4-16-14-8-13(9-14)15-12-6-10(2)5-11(3)7-12/h5-7,13-15H,4,8-9H2,1-3H3. The maximum Gasteiger partial charge on any atom is 0.0614 e. The first kappa shape index (κ1) is 11.5. The minimum atomic E-state index is 0.480. The molecule has 1 aliphatic carbocycles. The van der Waals surface area contributed by atoms with Crippen LogP contribution in [-0.4, -0.2) is 18.8 Å². The highest BCUT2D eigenvalue weighted by atomic mass is 16.5. The van der Waals surface area contributed by atoms with Crippen molar-refractivity contribution in [2.75, 3.05) is 11.9 Å². The second-order valence-corrected chi connectivity index (χ2v) is 4.77. The lowest BCUT2D eigenvalue weighted by Gasteiger charge is -2.36. The molecule has 0 amide bonds. The Morgan fingerprint density at radius 1 is 1.19 bits per heavy atom. The zero-order valence-corrected chi connectivity index (χ0v) is 10.4. The summed E-state index contributed by atoms with van der Waals surface area (Å²) in [5.74, 6) is 0. The lowest BCUT2D eigenvalue weighted by Crippen LogP contribution is -2.40. The summed E-state index contributed by atoms with van der Waals surface area (Å²) in [7, 11) is 0. The molecule has 0 aromatic heterocycles. The fourth-order valence-corrected chi connectivity index (χ4v) is 2.35. The summed E-state index contributed by atoms with van der Waals surface area (Å²) < 4.78 is 5.55. The van der Waals surface area contributed by atoms with Gasteiger partial charge in [-0.25, -0.2) is 0 Å². The van der Waals surface area contributed by atoms with E-state index in [9.17, 15) is 0 Å². The van der Waals surface area contributed by atoms with E-state index in [0.717, 1.165) is 19.4 Å². The predicted molar refractivity (Wildman–Crippen MR) is 68.0 cm³/mol. The number of benzene rings is 1. The number of aryl methyl sites for hydroxylation is 2. The van der Waals surface area contributed by atoms with Crippen LogP contribution in [0.2, 0.25) is 0 Å². The van der Waals surface area contributed by atoms with Crippen LogP contribution in [0, 0.1) is 13.8 Å². The molecule has 1 aromatic rings. The lowest BCUT2D eigenvalue weighted by molar-refractivity contribution is 0.00299. The van der Waals surface area contributed by atoms with Crippen molar-refractivity contribution in [1.82, 2.24) is 0 Å². The number of rotatable bonds is 4. The van der Waals surface area contributed by atoms with Crippen LogP contribution in [0.3, 0.4) is 0 Å². The van der Waals surface area contributed by atoms with E-state index in [1.807, 2.05) is 0 Å². The Morgan fingerprint density at radius 2 is 1.81 bits per heavy atom. The summed E-state index contributed by atoms with van der Waals surface area (Å²) in [6.07, 6.45) is 2.76. The van der Waals surface area contributed by atoms with Crippen molar-refractivity contribution in [1.29, 1.82) is 0 Å². The molecule has 1 aromatic carbocycles. The van der Waals surface area contributed by atoms with Crippen LogP contribution in [0.4, 0.5) is 5.69 Å². The summed E-state index contributed by atoms with van der Waals surface area (Å²) >= 11 is 0. The van der Waals surface area contributed by atoms with Crippen molar-refractivity contribution < 1.29 is 4.74 Å². The Kier molecular flexibility index (Phi) is 3.49. The smallest absolute Gasteiger partial charge is 0.0614 e. The first-order valence-electron chi connectivity index (χ1n) is 6.14. The third-order valence-corrected chi connectivity index (χ3v) is 3.09.